The molecule has 0 bridgehead atoms. The Morgan fingerprint density at radius 1 is 0.885 bits per heavy atom. The van der Waals surface area contributed by atoms with Crippen molar-refractivity contribution in [2.45, 2.75) is 11.8 Å². The SMILES string of the molecule is COc1ccc(-c2nc3nc(C)ccn3c2-c2ccc(SC)cc2)cc1. The van der Waals surface area contributed by atoms with Crippen molar-refractivity contribution in [3.63, 3.8) is 0 Å². The number of aryl methyl sites for hydroxylation is 1. The fourth-order valence-electron chi connectivity index (χ4n) is 2.99. The quantitative estimate of drug-likeness (QED) is 0.474. The standard InChI is InChI=1S/C21H19N3OS/c1-14-12-13-24-20(16-6-10-18(26-3)11-7-16)19(23-21(24)22-14)15-4-8-17(25-2)9-5-15/h4-13H,1-3H3. The number of fused-ring (bicyclic) bond motifs is 1. The zero-order valence-electron chi connectivity index (χ0n) is 14.9. The molecule has 0 spiro atoms. The van der Waals surface area contributed by atoms with E-state index in [0.717, 1.165) is 34.0 Å². The lowest BCUT2D eigenvalue weighted by molar-refractivity contribution is 0.415. The third-order valence-electron chi connectivity index (χ3n) is 4.36. The highest BCUT2D eigenvalue weighted by molar-refractivity contribution is 7.98. The first kappa shape index (κ1) is 16.7. The number of rotatable bonds is 4. The minimum Gasteiger partial charge on any atom is -0.497 e. The molecule has 26 heavy (non-hydrogen) atoms. The number of hydrogen-bond acceptors (Lipinski definition) is 4. The van der Waals surface area contributed by atoms with E-state index in [0.29, 0.717) is 5.78 Å². The number of methoxy groups -OCH3 is 1. The molecule has 4 rings (SSSR count). The maximum absolute atomic E-state index is 5.28. The van der Waals surface area contributed by atoms with Crippen LogP contribution in [0.2, 0.25) is 0 Å². The molecule has 0 aliphatic rings. The largest absolute Gasteiger partial charge is 0.497 e. The number of thioether (sulfide) groups is 1. The summed E-state index contributed by atoms with van der Waals surface area (Å²) in [7, 11) is 1.67. The molecule has 0 unspecified atom stereocenters. The van der Waals surface area contributed by atoms with Crippen molar-refractivity contribution in [3.8, 4) is 28.3 Å². The van der Waals surface area contributed by atoms with Crippen LogP contribution < -0.4 is 4.74 Å². The van der Waals surface area contributed by atoms with Gasteiger partial charge in [-0.25, -0.2) is 9.97 Å². The Balaban J connectivity index is 1.95. The second kappa shape index (κ2) is 6.84. The summed E-state index contributed by atoms with van der Waals surface area (Å²) < 4.78 is 7.34. The van der Waals surface area contributed by atoms with Crippen molar-refractivity contribution in [2.75, 3.05) is 13.4 Å². The van der Waals surface area contributed by atoms with Crippen molar-refractivity contribution in [1.29, 1.82) is 0 Å². The van der Waals surface area contributed by atoms with E-state index in [9.17, 15) is 0 Å². The molecule has 0 fully saturated rings. The Bertz CT molecular complexity index is 1050. The number of aromatic nitrogens is 3. The van der Waals surface area contributed by atoms with Gasteiger partial charge in [-0.05, 0) is 55.6 Å². The minimum absolute atomic E-state index is 0.708. The lowest BCUT2D eigenvalue weighted by atomic mass is 10.0. The number of hydrogen-bond donors (Lipinski definition) is 0. The van der Waals surface area contributed by atoms with Crippen LogP contribution in [0.3, 0.4) is 0 Å². The molecule has 0 amide bonds. The molecule has 130 valence electrons. The second-order valence-corrected chi connectivity index (χ2v) is 6.88. The average Bonchev–Trinajstić information content (AvgIpc) is 3.06. The molecular formula is C21H19N3OS. The van der Waals surface area contributed by atoms with Crippen molar-refractivity contribution >= 4 is 17.5 Å². The fourth-order valence-corrected chi connectivity index (χ4v) is 3.40. The van der Waals surface area contributed by atoms with Gasteiger partial charge in [0.25, 0.3) is 0 Å². The molecule has 0 radical (unpaired) electrons. The van der Waals surface area contributed by atoms with E-state index < -0.39 is 0 Å². The third kappa shape index (κ3) is 2.95. The van der Waals surface area contributed by atoms with Gasteiger partial charge >= 0.3 is 0 Å². The first-order chi connectivity index (χ1) is 12.7. The third-order valence-corrected chi connectivity index (χ3v) is 5.10. The summed E-state index contributed by atoms with van der Waals surface area (Å²) in [5, 5.41) is 0. The number of imidazole rings is 1. The summed E-state index contributed by atoms with van der Waals surface area (Å²) in [4.78, 5) is 10.7. The van der Waals surface area contributed by atoms with Gasteiger partial charge in [0.1, 0.15) is 5.75 Å². The van der Waals surface area contributed by atoms with E-state index in [2.05, 4.69) is 39.9 Å². The predicted molar refractivity (Wildman–Crippen MR) is 107 cm³/mol. The van der Waals surface area contributed by atoms with Gasteiger partial charge in [-0.3, -0.25) is 4.40 Å². The van der Waals surface area contributed by atoms with E-state index in [1.54, 1.807) is 18.9 Å². The van der Waals surface area contributed by atoms with Gasteiger partial charge in [0.2, 0.25) is 5.78 Å². The van der Waals surface area contributed by atoms with Crippen LogP contribution in [0.15, 0.2) is 65.7 Å². The van der Waals surface area contributed by atoms with Gasteiger partial charge in [-0.1, -0.05) is 12.1 Å². The van der Waals surface area contributed by atoms with Gasteiger partial charge in [-0.2, -0.15) is 0 Å². The number of nitrogens with zero attached hydrogens (tertiary/aromatic N) is 3. The monoisotopic (exact) mass is 361 g/mol. The highest BCUT2D eigenvalue weighted by atomic mass is 32.2. The molecule has 4 aromatic rings. The summed E-state index contributed by atoms with van der Waals surface area (Å²) in [5.74, 6) is 1.54. The van der Waals surface area contributed by atoms with Gasteiger partial charge in [-0.15, -0.1) is 11.8 Å². The molecule has 0 saturated carbocycles. The molecular weight excluding hydrogens is 342 g/mol. The Morgan fingerprint density at radius 2 is 1.58 bits per heavy atom. The van der Waals surface area contributed by atoms with Crippen LogP contribution in [0.5, 0.6) is 5.75 Å². The van der Waals surface area contributed by atoms with Gasteiger partial charge in [0.05, 0.1) is 18.5 Å². The van der Waals surface area contributed by atoms with Gasteiger partial charge in [0.15, 0.2) is 0 Å². The molecule has 0 N–H and O–H groups in total. The summed E-state index contributed by atoms with van der Waals surface area (Å²) in [6.07, 6.45) is 4.12. The minimum atomic E-state index is 0.708. The van der Waals surface area contributed by atoms with Crippen LogP contribution in [0.1, 0.15) is 5.69 Å². The molecule has 0 saturated heterocycles. The highest BCUT2D eigenvalue weighted by Crippen LogP contribution is 2.34. The maximum atomic E-state index is 5.28. The molecule has 2 aromatic carbocycles. The lowest BCUT2D eigenvalue weighted by Crippen LogP contribution is -1.93. The van der Waals surface area contributed by atoms with E-state index in [-0.39, 0.29) is 0 Å². The predicted octanol–water partition coefficient (Wildman–Crippen LogP) is 5.10. The first-order valence-electron chi connectivity index (χ1n) is 8.34. The molecule has 2 aromatic heterocycles. The van der Waals surface area contributed by atoms with Crippen LogP contribution >= 0.6 is 11.8 Å². The first-order valence-corrected chi connectivity index (χ1v) is 9.56. The lowest BCUT2D eigenvalue weighted by Gasteiger charge is -2.07. The molecule has 0 aliphatic carbocycles. The van der Waals surface area contributed by atoms with Crippen molar-refractivity contribution in [3.05, 3.63) is 66.5 Å². The van der Waals surface area contributed by atoms with Crippen LogP contribution in [-0.4, -0.2) is 27.7 Å². The van der Waals surface area contributed by atoms with Crippen molar-refractivity contribution in [1.82, 2.24) is 14.4 Å². The van der Waals surface area contributed by atoms with E-state index in [1.807, 2.05) is 43.5 Å². The molecule has 4 nitrogen and oxygen atoms in total. The summed E-state index contributed by atoms with van der Waals surface area (Å²) in [6, 6.07) is 18.5. The van der Waals surface area contributed by atoms with E-state index in [1.165, 1.54) is 4.90 Å². The highest BCUT2D eigenvalue weighted by Gasteiger charge is 2.17. The fraction of sp³-hybridized carbons (Fsp3) is 0.143. The zero-order valence-corrected chi connectivity index (χ0v) is 15.7. The Morgan fingerprint density at radius 3 is 2.23 bits per heavy atom. The molecule has 0 aliphatic heterocycles. The zero-order chi connectivity index (χ0) is 18.1. The van der Waals surface area contributed by atoms with Crippen LogP contribution in [0, 0.1) is 6.92 Å². The van der Waals surface area contributed by atoms with Crippen LogP contribution in [-0.2, 0) is 0 Å². The summed E-state index contributed by atoms with van der Waals surface area (Å²) >= 11 is 1.74. The van der Waals surface area contributed by atoms with Crippen molar-refractivity contribution in [2.24, 2.45) is 0 Å². The van der Waals surface area contributed by atoms with Crippen LogP contribution in [0.4, 0.5) is 0 Å². The van der Waals surface area contributed by atoms with Gasteiger partial charge in [0, 0.05) is 27.9 Å². The summed E-state index contributed by atoms with van der Waals surface area (Å²) in [5.41, 5.74) is 5.07. The topological polar surface area (TPSA) is 39.4 Å². The van der Waals surface area contributed by atoms with Crippen LogP contribution in [0.25, 0.3) is 28.3 Å². The summed E-state index contributed by atoms with van der Waals surface area (Å²) in [6.45, 7) is 1.98. The smallest absolute Gasteiger partial charge is 0.235 e. The number of benzene rings is 2. The van der Waals surface area contributed by atoms with Crippen molar-refractivity contribution < 1.29 is 4.74 Å². The van der Waals surface area contributed by atoms with E-state index in [4.69, 9.17) is 9.72 Å². The Kier molecular flexibility index (Phi) is 4.39. The normalized spacial score (nSPS) is 11.0. The maximum Gasteiger partial charge on any atom is 0.235 e. The number of ether oxygens (including phenoxy) is 1. The molecule has 2 heterocycles. The average molecular weight is 361 g/mol. The Labute approximate surface area is 156 Å². The van der Waals surface area contributed by atoms with Gasteiger partial charge < -0.3 is 4.74 Å². The van der Waals surface area contributed by atoms with E-state index >= 15 is 0 Å². The molecule has 0 atom stereocenters. The second-order valence-electron chi connectivity index (χ2n) is 6.00. The Hall–Kier alpha value is -2.79. The molecule has 5 heteroatoms.